The third-order valence-corrected chi connectivity index (χ3v) is 2.74. The van der Waals surface area contributed by atoms with Crippen molar-refractivity contribution in [2.75, 3.05) is 6.54 Å². The van der Waals surface area contributed by atoms with Crippen LogP contribution >= 0.6 is 0 Å². The molecule has 106 valence electrons. The molecule has 0 aliphatic rings. The zero-order chi connectivity index (χ0) is 14.3. The van der Waals surface area contributed by atoms with Crippen LogP contribution in [0.5, 0.6) is 0 Å². The van der Waals surface area contributed by atoms with Crippen molar-refractivity contribution < 1.29 is 14.7 Å². The Labute approximate surface area is 109 Å². The first-order valence-electron chi connectivity index (χ1n) is 6.39. The van der Waals surface area contributed by atoms with E-state index in [0.717, 1.165) is 6.42 Å². The van der Waals surface area contributed by atoms with E-state index in [4.69, 9.17) is 5.11 Å². The van der Waals surface area contributed by atoms with E-state index in [1.54, 1.807) is 0 Å². The Hall–Kier alpha value is -1.26. The number of nitrogens with one attached hydrogen (secondary N) is 2. The lowest BCUT2D eigenvalue weighted by Gasteiger charge is -2.30. The summed E-state index contributed by atoms with van der Waals surface area (Å²) in [5, 5.41) is 14.3. The average Bonchev–Trinajstić information content (AvgIpc) is 2.13. The minimum atomic E-state index is -0.905. The SMILES string of the molecule is CC(C)CCNC(=O)NC(CC(=O)O)C(C)(C)C. The quantitative estimate of drug-likeness (QED) is 0.683. The van der Waals surface area contributed by atoms with Crippen LogP contribution < -0.4 is 10.6 Å². The molecule has 5 nitrogen and oxygen atoms in total. The number of rotatable bonds is 6. The molecule has 0 bridgehead atoms. The molecule has 0 aliphatic carbocycles. The summed E-state index contributed by atoms with van der Waals surface area (Å²) in [5.41, 5.74) is -0.284. The van der Waals surface area contributed by atoms with E-state index in [1.165, 1.54) is 0 Å². The van der Waals surface area contributed by atoms with E-state index in [-0.39, 0.29) is 23.9 Å². The largest absolute Gasteiger partial charge is 0.481 e. The number of carboxylic acid groups (broad SMARTS) is 1. The molecule has 1 atom stereocenters. The summed E-state index contributed by atoms with van der Waals surface area (Å²) < 4.78 is 0. The van der Waals surface area contributed by atoms with Gasteiger partial charge in [-0.15, -0.1) is 0 Å². The normalized spacial score (nSPS) is 13.2. The number of hydrogen-bond acceptors (Lipinski definition) is 2. The number of urea groups is 1. The van der Waals surface area contributed by atoms with E-state index < -0.39 is 5.97 Å². The molecule has 0 aliphatic heterocycles. The van der Waals surface area contributed by atoms with Gasteiger partial charge >= 0.3 is 12.0 Å². The lowest BCUT2D eigenvalue weighted by Crippen LogP contribution is -2.49. The van der Waals surface area contributed by atoms with Crippen LogP contribution in [0.2, 0.25) is 0 Å². The van der Waals surface area contributed by atoms with E-state index in [0.29, 0.717) is 12.5 Å². The lowest BCUT2D eigenvalue weighted by atomic mass is 9.85. The van der Waals surface area contributed by atoms with Gasteiger partial charge in [0.05, 0.1) is 6.42 Å². The highest BCUT2D eigenvalue weighted by Gasteiger charge is 2.28. The molecule has 0 saturated carbocycles. The molecule has 0 spiro atoms. The van der Waals surface area contributed by atoms with Crippen LogP contribution in [0, 0.1) is 11.3 Å². The molecule has 18 heavy (non-hydrogen) atoms. The van der Waals surface area contributed by atoms with Crippen LogP contribution in [0.3, 0.4) is 0 Å². The van der Waals surface area contributed by atoms with Crippen LogP contribution in [-0.2, 0) is 4.79 Å². The number of aliphatic carboxylic acids is 1. The predicted molar refractivity (Wildman–Crippen MR) is 71.5 cm³/mol. The molecule has 0 aromatic carbocycles. The van der Waals surface area contributed by atoms with Gasteiger partial charge < -0.3 is 15.7 Å². The second-order valence-electron chi connectivity index (χ2n) is 6.10. The third kappa shape index (κ3) is 7.92. The zero-order valence-electron chi connectivity index (χ0n) is 12.0. The number of carboxylic acids is 1. The highest BCUT2D eigenvalue weighted by atomic mass is 16.4. The molecule has 0 rings (SSSR count). The van der Waals surface area contributed by atoms with Gasteiger partial charge in [0.15, 0.2) is 0 Å². The minimum Gasteiger partial charge on any atom is -0.481 e. The first-order valence-corrected chi connectivity index (χ1v) is 6.39. The standard InChI is InChI=1S/C13H26N2O3/c1-9(2)6-7-14-12(18)15-10(8-11(16)17)13(3,4)5/h9-10H,6-8H2,1-5H3,(H,16,17)(H2,14,15,18). The van der Waals surface area contributed by atoms with Crippen LogP contribution in [0.25, 0.3) is 0 Å². The number of carbonyl (C=O) groups excluding carboxylic acids is 1. The van der Waals surface area contributed by atoms with Gasteiger partial charge in [-0.2, -0.15) is 0 Å². The van der Waals surface area contributed by atoms with Crippen molar-refractivity contribution in [3.63, 3.8) is 0 Å². The van der Waals surface area contributed by atoms with Gasteiger partial charge in [0.1, 0.15) is 0 Å². The van der Waals surface area contributed by atoms with Gasteiger partial charge in [-0.05, 0) is 17.8 Å². The smallest absolute Gasteiger partial charge is 0.315 e. The molecule has 0 heterocycles. The molecule has 1 unspecified atom stereocenters. The number of hydrogen-bond donors (Lipinski definition) is 3. The summed E-state index contributed by atoms with van der Waals surface area (Å²) >= 11 is 0. The highest BCUT2D eigenvalue weighted by Crippen LogP contribution is 2.21. The van der Waals surface area contributed by atoms with Gasteiger partial charge in [-0.1, -0.05) is 34.6 Å². The van der Waals surface area contributed by atoms with Gasteiger partial charge in [0.25, 0.3) is 0 Å². The zero-order valence-corrected chi connectivity index (χ0v) is 12.0. The Morgan fingerprint density at radius 1 is 1.22 bits per heavy atom. The van der Waals surface area contributed by atoms with E-state index >= 15 is 0 Å². The summed E-state index contributed by atoms with van der Waals surface area (Å²) in [5.74, 6) is -0.375. The van der Waals surface area contributed by atoms with Crippen LogP contribution in [0.15, 0.2) is 0 Å². The van der Waals surface area contributed by atoms with E-state index in [2.05, 4.69) is 24.5 Å². The third-order valence-electron chi connectivity index (χ3n) is 2.74. The van der Waals surface area contributed by atoms with Crippen molar-refractivity contribution in [3.05, 3.63) is 0 Å². The molecular formula is C13H26N2O3. The fourth-order valence-corrected chi connectivity index (χ4v) is 1.43. The van der Waals surface area contributed by atoms with E-state index in [9.17, 15) is 9.59 Å². The molecule has 0 aromatic rings. The van der Waals surface area contributed by atoms with Crippen molar-refractivity contribution in [2.45, 2.75) is 53.5 Å². The molecule has 0 radical (unpaired) electrons. The molecule has 0 saturated heterocycles. The molecule has 0 aromatic heterocycles. The molecule has 2 amide bonds. The van der Waals surface area contributed by atoms with Gasteiger partial charge in [0.2, 0.25) is 0 Å². The first kappa shape index (κ1) is 16.7. The van der Waals surface area contributed by atoms with Crippen molar-refractivity contribution >= 4 is 12.0 Å². The van der Waals surface area contributed by atoms with Crippen LogP contribution in [0.4, 0.5) is 4.79 Å². The predicted octanol–water partition coefficient (Wildman–Crippen LogP) is 2.22. The topological polar surface area (TPSA) is 78.4 Å². The Bertz CT molecular complexity index is 282. The lowest BCUT2D eigenvalue weighted by molar-refractivity contribution is -0.138. The fraction of sp³-hybridized carbons (Fsp3) is 0.846. The summed E-state index contributed by atoms with van der Waals surface area (Å²) in [6.07, 6.45) is 0.841. The highest BCUT2D eigenvalue weighted by molar-refractivity contribution is 5.75. The van der Waals surface area contributed by atoms with Gasteiger partial charge in [-0.3, -0.25) is 4.79 Å². The van der Waals surface area contributed by atoms with Crippen LogP contribution in [-0.4, -0.2) is 29.7 Å². The van der Waals surface area contributed by atoms with Crippen molar-refractivity contribution in [1.29, 1.82) is 0 Å². The average molecular weight is 258 g/mol. The summed E-state index contributed by atoms with van der Waals surface area (Å²) in [6, 6.07) is -0.675. The van der Waals surface area contributed by atoms with Gasteiger partial charge in [0, 0.05) is 12.6 Å². The monoisotopic (exact) mass is 258 g/mol. The molecular weight excluding hydrogens is 232 g/mol. The van der Waals surface area contributed by atoms with Crippen molar-refractivity contribution in [1.82, 2.24) is 10.6 Å². The first-order chi connectivity index (χ1) is 8.12. The second-order valence-corrected chi connectivity index (χ2v) is 6.10. The van der Waals surface area contributed by atoms with Crippen molar-refractivity contribution in [2.24, 2.45) is 11.3 Å². The number of amides is 2. The molecule has 5 heteroatoms. The van der Waals surface area contributed by atoms with Crippen LogP contribution in [0.1, 0.15) is 47.5 Å². The maximum Gasteiger partial charge on any atom is 0.315 e. The Balaban J connectivity index is 4.24. The van der Waals surface area contributed by atoms with Gasteiger partial charge in [-0.25, -0.2) is 4.79 Å². The second kappa shape index (κ2) is 7.24. The Kier molecular flexibility index (Phi) is 6.73. The summed E-state index contributed by atoms with van der Waals surface area (Å²) in [4.78, 5) is 22.4. The van der Waals surface area contributed by atoms with E-state index in [1.807, 2.05) is 20.8 Å². The molecule has 3 N–H and O–H groups in total. The maximum absolute atomic E-state index is 11.6. The van der Waals surface area contributed by atoms with Crippen molar-refractivity contribution in [3.8, 4) is 0 Å². The molecule has 0 fully saturated rings. The fourth-order valence-electron chi connectivity index (χ4n) is 1.43. The Morgan fingerprint density at radius 3 is 2.17 bits per heavy atom. The summed E-state index contributed by atoms with van der Waals surface area (Å²) in [6.45, 7) is 10.5. The summed E-state index contributed by atoms with van der Waals surface area (Å²) in [7, 11) is 0. The minimum absolute atomic E-state index is 0.0684. The Morgan fingerprint density at radius 2 is 1.78 bits per heavy atom. The number of carbonyl (C=O) groups is 2. The maximum atomic E-state index is 11.6.